The van der Waals surface area contributed by atoms with Crippen LogP contribution in [0.1, 0.15) is 16.1 Å². The smallest absolute Gasteiger partial charge is 0.464 e. The van der Waals surface area contributed by atoms with Gasteiger partial charge in [0.25, 0.3) is 0 Å². The largest absolute Gasteiger partial charge is 0.573 e. The van der Waals surface area contributed by atoms with Gasteiger partial charge in [-0.05, 0) is 6.07 Å². The molecule has 1 heterocycles. The van der Waals surface area contributed by atoms with Gasteiger partial charge in [-0.3, -0.25) is 0 Å². The highest BCUT2D eigenvalue weighted by atomic mass is 19.4. The maximum Gasteiger partial charge on any atom is 0.573 e. The van der Waals surface area contributed by atoms with Gasteiger partial charge >= 0.3 is 12.3 Å². The van der Waals surface area contributed by atoms with E-state index in [1.165, 1.54) is 0 Å². The summed E-state index contributed by atoms with van der Waals surface area (Å²) in [5.41, 5.74) is 10.4. The van der Waals surface area contributed by atoms with E-state index in [0.717, 1.165) is 13.2 Å². The van der Waals surface area contributed by atoms with Crippen LogP contribution in [0.3, 0.4) is 0 Å². The molecule has 6 nitrogen and oxygen atoms in total. The van der Waals surface area contributed by atoms with Gasteiger partial charge in [0, 0.05) is 12.1 Å². The van der Waals surface area contributed by atoms with Gasteiger partial charge in [0.2, 0.25) is 0 Å². The molecular weight excluding hydrogens is 255 g/mol. The molecule has 0 saturated carbocycles. The van der Waals surface area contributed by atoms with Crippen LogP contribution < -0.4 is 16.2 Å². The van der Waals surface area contributed by atoms with E-state index in [1.807, 2.05) is 0 Å². The lowest BCUT2D eigenvalue weighted by Gasteiger charge is -2.13. The summed E-state index contributed by atoms with van der Waals surface area (Å²) in [5, 5.41) is 0. The van der Waals surface area contributed by atoms with Crippen LogP contribution in [0.2, 0.25) is 0 Å². The molecule has 0 aliphatic rings. The normalized spacial score (nSPS) is 11.2. The van der Waals surface area contributed by atoms with Crippen LogP contribution in [0.25, 0.3) is 0 Å². The highest BCUT2D eigenvalue weighted by molar-refractivity contribution is 5.89. The van der Waals surface area contributed by atoms with Crippen LogP contribution in [0.15, 0.2) is 6.07 Å². The highest BCUT2D eigenvalue weighted by Gasteiger charge is 2.33. The zero-order chi connectivity index (χ0) is 13.9. The lowest BCUT2D eigenvalue weighted by molar-refractivity contribution is -0.274. The number of hydrogen-bond acceptors (Lipinski definition) is 6. The first-order valence-corrected chi connectivity index (χ1v) is 4.62. The first-order valence-electron chi connectivity index (χ1n) is 4.62. The lowest BCUT2D eigenvalue weighted by atomic mass is 10.2. The number of ether oxygens (including phenoxy) is 2. The number of halogens is 3. The SMILES string of the molecule is COC(=O)c1nc(N)c(OC(F)(F)F)cc1CN. The van der Waals surface area contributed by atoms with E-state index in [9.17, 15) is 18.0 Å². The molecule has 1 aromatic rings. The Morgan fingerprint density at radius 1 is 1.50 bits per heavy atom. The maximum atomic E-state index is 12.1. The molecular formula is C9H10F3N3O3. The van der Waals surface area contributed by atoms with Gasteiger partial charge in [-0.25, -0.2) is 9.78 Å². The van der Waals surface area contributed by atoms with Crippen molar-refractivity contribution in [2.24, 2.45) is 5.73 Å². The molecule has 1 aromatic heterocycles. The van der Waals surface area contributed by atoms with E-state index in [-0.39, 0.29) is 17.8 Å². The molecule has 0 spiro atoms. The molecule has 4 N–H and O–H groups in total. The van der Waals surface area contributed by atoms with Crippen molar-refractivity contribution in [3.05, 3.63) is 17.3 Å². The maximum absolute atomic E-state index is 12.1. The molecule has 0 bridgehead atoms. The van der Waals surface area contributed by atoms with Crippen molar-refractivity contribution in [2.45, 2.75) is 12.9 Å². The van der Waals surface area contributed by atoms with Crippen molar-refractivity contribution in [3.63, 3.8) is 0 Å². The number of aromatic nitrogens is 1. The molecule has 1 rings (SSSR count). The van der Waals surface area contributed by atoms with E-state index < -0.39 is 23.9 Å². The molecule has 100 valence electrons. The van der Waals surface area contributed by atoms with Gasteiger partial charge in [-0.2, -0.15) is 0 Å². The van der Waals surface area contributed by atoms with Crippen LogP contribution in [0.5, 0.6) is 5.75 Å². The third-order valence-electron chi connectivity index (χ3n) is 1.92. The number of carbonyl (C=O) groups is 1. The van der Waals surface area contributed by atoms with Crippen molar-refractivity contribution in [1.29, 1.82) is 0 Å². The number of pyridine rings is 1. The molecule has 0 unspecified atom stereocenters. The molecule has 0 amide bonds. The quantitative estimate of drug-likeness (QED) is 0.784. The highest BCUT2D eigenvalue weighted by Crippen LogP contribution is 2.29. The van der Waals surface area contributed by atoms with Gasteiger partial charge in [0.1, 0.15) is 0 Å². The summed E-state index contributed by atoms with van der Waals surface area (Å²) >= 11 is 0. The van der Waals surface area contributed by atoms with Crippen molar-refractivity contribution in [1.82, 2.24) is 4.98 Å². The summed E-state index contributed by atoms with van der Waals surface area (Å²) in [6, 6.07) is 0.905. The second-order valence-corrected chi connectivity index (χ2v) is 3.12. The average molecular weight is 265 g/mol. The summed E-state index contributed by atoms with van der Waals surface area (Å²) in [4.78, 5) is 14.8. The van der Waals surface area contributed by atoms with Gasteiger partial charge in [-0.15, -0.1) is 13.2 Å². The first kappa shape index (κ1) is 14.0. The minimum absolute atomic E-state index is 0.0373. The lowest BCUT2D eigenvalue weighted by Crippen LogP contribution is -2.20. The van der Waals surface area contributed by atoms with Gasteiger partial charge < -0.3 is 20.9 Å². The first-order chi connectivity index (χ1) is 8.28. The monoisotopic (exact) mass is 265 g/mol. The minimum Gasteiger partial charge on any atom is -0.464 e. The van der Waals surface area contributed by atoms with Crippen LogP contribution in [-0.4, -0.2) is 24.4 Å². The summed E-state index contributed by atoms with van der Waals surface area (Å²) < 4.78 is 44.2. The van der Waals surface area contributed by atoms with Crippen LogP contribution in [-0.2, 0) is 11.3 Å². The number of nitrogens with two attached hydrogens (primary N) is 2. The van der Waals surface area contributed by atoms with Gasteiger partial charge in [0.05, 0.1) is 7.11 Å². The average Bonchev–Trinajstić information content (AvgIpc) is 2.28. The van der Waals surface area contributed by atoms with Crippen LogP contribution >= 0.6 is 0 Å². The van der Waals surface area contributed by atoms with Crippen molar-refractivity contribution in [2.75, 3.05) is 12.8 Å². The molecule has 9 heteroatoms. The Labute approximate surface area is 99.7 Å². The van der Waals surface area contributed by atoms with E-state index >= 15 is 0 Å². The Hall–Kier alpha value is -2.03. The molecule has 0 saturated heterocycles. The summed E-state index contributed by atoms with van der Waals surface area (Å²) in [6.45, 7) is -0.216. The fourth-order valence-corrected chi connectivity index (χ4v) is 1.18. The number of methoxy groups -OCH3 is 1. The Bertz CT molecular complexity index is 462. The molecule has 0 aliphatic carbocycles. The van der Waals surface area contributed by atoms with Crippen LogP contribution in [0.4, 0.5) is 19.0 Å². The molecule has 0 radical (unpaired) electrons. The number of esters is 1. The molecule has 0 atom stereocenters. The fraction of sp³-hybridized carbons (Fsp3) is 0.333. The predicted molar refractivity (Wildman–Crippen MR) is 54.6 cm³/mol. The summed E-state index contributed by atoms with van der Waals surface area (Å²) in [7, 11) is 1.10. The third-order valence-corrected chi connectivity index (χ3v) is 1.92. The molecule has 0 aliphatic heterocycles. The second-order valence-electron chi connectivity index (χ2n) is 3.12. The Morgan fingerprint density at radius 2 is 2.11 bits per heavy atom. The zero-order valence-corrected chi connectivity index (χ0v) is 9.25. The molecule has 0 fully saturated rings. The van der Waals surface area contributed by atoms with E-state index in [0.29, 0.717) is 0 Å². The Kier molecular flexibility index (Phi) is 3.96. The third kappa shape index (κ3) is 3.23. The topological polar surface area (TPSA) is 100 Å². The Morgan fingerprint density at radius 3 is 2.56 bits per heavy atom. The second kappa shape index (κ2) is 5.08. The Balaban J connectivity index is 3.22. The number of alkyl halides is 3. The summed E-state index contributed by atoms with van der Waals surface area (Å²) in [5.74, 6) is -2.14. The van der Waals surface area contributed by atoms with E-state index in [2.05, 4.69) is 14.5 Å². The van der Waals surface area contributed by atoms with Crippen molar-refractivity contribution >= 4 is 11.8 Å². The minimum atomic E-state index is -4.91. The predicted octanol–water partition coefficient (Wildman–Crippen LogP) is 0.808. The molecule has 0 aromatic carbocycles. The number of carbonyl (C=O) groups excluding carboxylic acids is 1. The van der Waals surface area contributed by atoms with E-state index in [4.69, 9.17) is 11.5 Å². The van der Waals surface area contributed by atoms with Gasteiger partial charge in [0.15, 0.2) is 17.3 Å². The van der Waals surface area contributed by atoms with Crippen molar-refractivity contribution in [3.8, 4) is 5.75 Å². The van der Waals surface area contributed by atoms with Crippen molar-refractivity contribution < 1.29 is 27.4 Å². The fourth-order valence-electron chi connectivity index (χ4n) is 1.18. The number of hydrogen-bond donors (Lipinski definition) is 2. The molecule has 18 heavy (non-hydrogen) atoms. The number of nitrogen functional groups attached to an aromatic ring is 1. The number of anilines is 1. The van der Waals surface area contributed by atoms with Crippen LogP contribution in [0, 0.1) is 0 Å². The van der Waals surface area contributed by atoms with Gasteiger partial charge in [-0.1, -0.05) is 0 Å². The standard InChI is InChI=1S/C9H10F3N3O3/c1-17-8(16)6-4(3-13)2-5(7(14)15-6)18-9(10,11)12/h2H,3,13H2,1H3,(H2,14,15). The number of nitrogens with zero attached hydrogens (tertiary/aromatic N) is 1. The summed E-state index contributed by atoms with van der Waals surface area (Å²) in [6.07, 6.45) is -4.91. The van der Waals surface area contributed by atoms with E-state index in [1.54, 1.807) is 0 Å². The number of rotatable bonds is 3. The zero-order valence-electron chi connectivity index (χ0n) is 9.25.